The third-order valence-corrected chi connectivity index (χ3v) is 6.23. The Bertz CT molecular complexity index is 1290. The van der Waals surface area contributed by atoms with Crippen molar-refractivity contribution in [3.8, 4) is 17.0 Å². The smallest absolute Gasteiger partial charge is 0.335 e. The number of carbonyl (C=O) groups is 1. The summed E-state index contributed by atoms with van der Waals surface area (Å²) in [7, 11) is -4.17. The molecule has 0 radical (unpaired) electrons. The molecule has 0 spiro atoms. The number of rotatable bonds is 7. The van der Waals surface area contributed by atoms with Crippen LogP contribution in [0.15, 0.2) is 47.4 Å². The zero-order valence-electron chi connectivity index (χ0n) is 17.9. The van der Waals surface area contributed by atoms with E-state index in [1.807, 2.05) is 32.9 Å². The second kappa shape index (κ2) is 9.13. The Morgan fingerprint density at radius 1 is 1.12 bits per heavy atom. The van der Waals surface area contributed by atoms with Crippen molar-refractivity contribution in [3.05, 3.63) is 64.3 Å². The lowest BCUT2D eigenvalue weighted by Crippen LogP contribution is -2.16. The highest BCUT2D eigenvalue weighted by Gasteiger charge is 2.22. The molecule has 0 aliphatic heterocycles. The number of ether oxygens (including phenoxy) is 1. The van der Waals surface area contributed by atoms with Crippen molar-refractivity contribution >= 4 is 33.5 Å². The summed E-state index contributed by atoms with van der Waals surface area (Å²) in [4.78, 5) is 19.4. The van der Waals surface area contributed by atoms with Crippen molar-refractivity contribution in [1.29, 1.82) is 0 Å². The van der Waals surface area contributed by atoms with Gasteiger partial charge < -0.3 is 9.84 Å². The molecule has 10 heteroatoms. The number of carboxylic acids is 1. The van der Waals surface area contributed by atoms with Gasteiger partial charge in [-0.2, -0.15) is 4.98 Å². The number of hydrogen-bond acceptors (Lipinski definition) is 6. The molecule has 8 nitrogen and oxygen atoms in total. The Hall–Kier alpha value is -3.17. The molecule has 168 valence electrons. The van der Waals surface area contributed by atoms with Crippen LogP contribution in [0.3, 0.4) is 0 Å². The molecule has 0 fully saturated rings. The van der Waals surface area contributed by atoms with Gasteiger partial charge in [-0.1, -0.05) is 29.8 Å². The lowest BCUT2D eigenvalue weighted by molar-refractivity contribution is 0.0696. The Labute approximate surface area is 191 Å². The van der Waals surface area contributed by atoms with Gasteiger partial charge >= 0.3 is 5.97 Å². The van der Waals surface area contributed by atoms with Crippen LogP contribution in [0.25, 0.3) is 11.3 Å². The second-order valence-electron chi connectivity index (χ2n) is 7.36. The van der Waals surface area contributed by atoms with E-state index in [0.717, 1.165) is 11.6 Å². The van der Waals surface area contributed by atoms with Crippen LogP contribution in [0.5, 0.6) is 5.75 Å². The zero-order valence-corrected chi connectivity index (χ0v) is 19.5. The number of aromatic carboxylic acids is 1. The second-order valence-corrected chi connectivity index (χ2v) is 9.41. The van der Waals surface area contributed by atoms with Gasteiger partial charge in [-0.3, -0.25) is 0 Å². The van der Waals surface area contributed by atoms with Crippen LogP contribution < -0.4 is 9.46 Å². The van der Waals surface area contributed by atoms with Crippen molar-refractivity contribution in [3.63, 3.8) is 0 Å². The third-order valence-electron chi connectivity index (χ3n) is 4.54. The largest absolute Gasteiger partial charge is 0.490 e. The third kappa shape index (κ3) is 5.00. The maximum Gasteiger partial charge on any atom is 0.335 e. The van der Waals surface area contributed by atoms with E-state index in [1.54, 1.807) is 13.0 Å². The van der Waals surface area contributed by atoms with Crippen LogP contribution in [-0.2, 0) is 10.0 Å². The number of nitrogens with one attached hydrogen (secondary N) is 1. The number of halogens is 1. The maximum atomic E-state index is 12.8. The van der Waals surface area contributed by atoms with Gasteiger partial charge in [-0.05, 0) is 57.5 Å². The van der Waals surface area contributed by atoms with Gasteiger partial charge in [0.05, 0.1) is 22.3 Å². The molecule has 3 aromatic rings. The average molecular weight is 476 g/mol. The Morgan fingerprint density at radius 2 is 1.81 bits per heavy atom. The van der Waals surface area contributed by atoms with Crippen LogP contribution in [0, 0.1) is 13.8 Å². The minimum atomic E-state index is -4.17. The fraction of sp³-hybridized carbons (Fsp3) is 0.227. The molecule has 0 saturated heterocycles. The van der Waals surface area contributed by atoms with Gasteiger partial charge in [0, 0.05) is 11.1 Å². The molecule has 1 heterocycles. The predicted molar refractivity (Wildman–Crippen MR) is 122 cm³/mol. The first-order chi connectivity index (χ1) is 15.0. The first-order valence-electron chi connectivity index (χ1n) is 9.66. The van der Waals surface area contributed by atoms with E-state index in [2.05, 4.69) is 14.7 Å². The molecule has 2 aromatic carbocycles. The van der Waals surface area contributed by atoms with Crippen LogP contribution in [-0.4, -0.2) is 35.6 Å². The molecular weight excluding hydrogens is 454 g/mol. The van der Waals surface area contributed by atoms with Crippen LogP contribution in [0.1, 0.15) is 35.3 Å². The Balaban J connectivity index is 2.09. The monoisotopic (exact) mass is 475 g/mol. The molecule has 1 aromatic heterocycles. The summed E-state index contributed by atoms with van der Waals surface area (Å²) < 4.78 is 33.9. The van der Waals surface area contributed by atoms with E-state index in [4.69, 9.17) is 21.4 Å². The lowest BCUT2D eigenvalue weighted by Gasteiger charge is -2.18. The number of hydrogen-bond donors (Lipinski definition) is 2. The van der Waals surface area contributed by atoms with Gasteiger partial charge in [-0.15, -0.1) is 0 Å². The summed E-state index contributed by atoms with van der Waals surface area (Å²) in [6.45, 7) is 7.42. The van der Waals surface area contributed by atoms with E-state index in [-0.39, 0.29) is 27.7 Å². The van der Waals surface area contributed by atoms with Gasteiger partial charge in [-0.25, -0.2) is 22.9 Å². The number of benzene rings is 2. The summed E-state index contributed by atoms with van der Waals surface area (Å²) in [5, 5.41) is 9.21. The quantitative estimate of drug-likeness (QED) is 0.475. The predicted octanol–water partition coefficient (Wildman–Crippen LogP) is 4.70. The van der Waals surface area contributed by atoms with Gasteiger partial charge in [0.1, 0.15) is 10.9 Å². The molecule has 0 amide bonds. The van der Waals surface area contributed by atoms with Crippen LogP contribution >= 0.6 is 11.6 Å². The van der Waals surface area contributed by atoms with E-state index in [9.17, 15) is 13.2 Å². The fourth-order valence-corrected chi connectivity index (χ4v) is 4.21. The van der Waals surface area contributed by atoms with E-state index >= 15 is 0 Å². The summed E-state index contributed by atoms with van der Waals surface area (Å²) >= 11 is 6.32. The number of sulfonamides is 1. The molecule has 0 aliphatic rings. The zero-order chi connectivity index (χ0) is 23.6. The van der Waals surface area contributed by atoms with E-state index in [1.165, 1.54) is 18.2 Å². The topological polar surface area (TPSA) is 118 Å². The number of aryl methyl sites for hydroxylation is 1. The van der Waals surface area contributed by atoms with Gasteiger partial charge in [0.25, 0.3) is 10.0 Å². The van der Waals surface area contributed by atoms with Crippen molar-refractivity contribution < 1.29 is 23.1 Å². The van der Waals surface area contributed by atoms with Gasteiger partial charge in [0.15, 0.2) is 0 Å². The minimum Gasteiger partial charge on any atom is -0.490 e. The summed E-state index contributed by atoms with van der Waals surface area (Å²) in [6, 6.07) is 10.5. The number of anilines is 1. The summed E-state index contributed by atoms with van der Waals surface area (Å²) in [5.41, 5.74) is 2.37. The maximum absolute atomic E-state index is 12.8. The Kier molecular flexibility index (Phi) is 6.71. The molecule has 32 heavy (non-hydrogen) atoms. The average Bonchev–Trinajstić information content (AvgIpc) is 2.70. The molecule has 3 rings (SSSR count). The minimum absolute atomic E-state index is 0.0748. The van der Waals surface area contributed by atoms with Crippen LogP contribution in [0.4, 0.5) is 5.95 Å². The van der Waals surface area contributed by atoms with Crippen LogP contribution in [0.2, 0.25) is 5.15 Å². The molecule has 0 bridgehead atoms. The van der Waals surface area contributed by atoms with Crippen molar-refractivity contribution in [2.45, 2.75) is 38.7 Å². The molecule has 0 saturated carbocycles. The summed E-state index contributed by atoms with van der Waals surface area (Å²) in [5.74, 6) is -0.896. The molecule has 2 N–H and O–H groups in total. The highest BCUT2D eigenvalue weighted by Crippen LogP contribution is 2.37. The molecule has 0 unspecified atom stereocenters. The number of aromatic nitrogens is 2. The molecule has 0 aliphatic carbocycles. The standard InChI is InChI=1S/C22H22ClN3O5S/c1-12(2)31-17-10-5-7-13(3)18(17)19-14(4)20(23)25-22(24-19)26-32(29,30)16-9-6-8-15(11-16)21(27)28/h5-12H,1-4H3,(H,27,28)(H,24,25,26). The van der Waals surface area contributed by atoms with E-state index < -0.39 is 16.0 Å². The lowest BCUT2D eigenvalue weighted by atomic mass is 10.0. The highest BCUT2D eigenvalue weighted by molar-refractivity contribution is 7.92. The first-order valence-corrected chi connectivity index (χ1v) is 11.5. The normalized spacial score (nSPS) is 11.4. The van der Waals surface area contributed by atoms with Crippen molar-refractivity contribution in [2.75, 3.05) is 4.72 Å². The van der Waals surface area contributed by atoms with Crippen molar-refractivity contribution in [2.24, 2.45) is 0 Å². The SMILES string of the molecule is Cc1cccc(OC(C)C)c1-c1nc(NS(=O)(=O)c2cccc(C(=O)O)c2)nc(Cl)c1C. The van der Waals surface area contributed by atoms with Gasteiger partial charge in [0.2, 0.25) is 5.95 Å². The molecule has 0 atom stereocenters. The first kappa shape index (κ1) is 23.5. The molecular formula is C22H22ClN3O5S. The number of nitrogens with zero attached hydrogens (tertiary/aromatic N) is 2. The fourth-order valence-electron chi connectivity index (χ4n) is 3.05. The number of carboxylic acid groups (broad SMARTS) is 1. The van der Waals surface area contributed by atoms with Crippen molar-refractivity contribution in [1.82, 2.24) is 9.97 Å². The summed E-state index contributed by atoms with van der Waals surface area (Å²) in [6.07, 6.45) is -0.0901. The van der Waals surface area contributed by atoms with E-state index in [0.29, 0.717) is 22.6 Å². The Morgan fingerprint density at radius 3 is 2.47 bits per heavy atom. The highest BCUT2D eigenvalue weighted by atomic mass is 35.5.